The van der Waals surface area contributed by atoms with Gasteiger partial charge in [0.15, 0.2) is 12.4 Å². The maximum absolute atomic E-state index is 12.3. The predicted molar refractivity (Wildman–Crippen MR) is 62.9 cm³/mol. The van der Waals surface area contributed by atoms with E-state index < -0.39 is 10.2 Å². The molecule has 0 amide bonds. The van der Waals surface area contributed by atoms with Crippen LogP contribution < -0.4 is 23.2 Å². The molecule has 1 saturated carbocycles. The van der Waals surface area contributed by atoms with Crippen LogP contribution in [0, 0.1) is 16.2 Å². The normalized spacial score (nSPS) is 17.6. The van der Waals surface area contributed by atoms with E-state index in [1.54, 1.807) is 0 Å². The molecule has 1 aromatic heterocycles. The topological polar surface area (TPSA) is 113 Å². The summed E-state index contributed by atoms with van der Waals surface area (Å²) in [4.78, 5) is 12.3. The fraction of sp³-hybridized carbons (Fsp3) is 0.571. The molecule has 1 aliphatic rings. The van der Waals surface area contributed by atoms with Gasteiger partial charge >= 0.3 is 0 Å². The van der Waals surface area contributed by atoms with E-state index in [0.717, 1.165) is 12.8 Å². The lowest BCUT2D eigenvalue weighted by Crippen LogP contribution is -2.68. The molecule has 0 radical (unpaired) electrons. The number of nitrogens with zero attached hydrogens (tertiary/aromatic N) is 1. The third-order valence-corrected chi connectivity index (χ3v) is 3.61. The van der Waals surface area contributed by atoms with Crippen molar-refractivity contribution in [2.75, 3.05) is 0 Å². The first-order valence-electron chi connectivity index (χ1n) is 6.90. The van der Waals surface area contributed by atoms with Crippen LogP contribution in [0.2, 0.25) is 0 Å². The van der Waals surface area contributed by atoms with Gasteiger partial charge in [0, 0.05) is 25.0 Å². The summed E-state index contributed by atoms with van der Waals surface area (Å²) in [5, 5.41) is 0. The Balaban J connectivity index is 0.000000383. The highest BCUT2D eigenvalue weighted by molar-refractivity contribution is 5.83. The number of aromatic nitrogens is 1. The van der Waals surface area contributed by atoms with Gasteiger partial charge in [-0.3, -0.25) is 4.79 Å². The summed E-state index contributed by atoms with van der Waals surface area (Å²) in [5.41, 5.74) is 0. The second-order valence-corrected chi connectivity index (χ2v) is 5.87. The molecular formula is C14H20ClNO5. The van der Waals surface area contributed by atoms with Crippen molar-refractivity contribution < 1.29 is 38.2 Å². The molecule has 6 nitrogen and oxygen atoms in total. The molecule has 0 aromatic carbocycles. The standard InChI is InChI=1S/C14H20NO.ClHO4/c1-12(15-10-6-3-7-11-15)14(16)13-8-4-2-5-9-13;2-1(3,4)5/h3,6-7,10-13H,2,4-5,8-9H2,1H3;(H,2,3,4,5)/q+1;/p-1. The highest BCUT2D eigenvalue weighted by Gasteiger charge is 2.30. The number of Topliss-reactive ketones (excluding diaryl/α,β-unsaturated/α-hetero) is 1. The first kappa shape index (κ1) is 18.0. The maximum atomic E-state index is 12.3. The van der Waals surface area contributed by atoms with Crippen molar-refractivity contribution in [2.24, 2.45) is 5.92 Å². The third-order valence-electron chi connectivity index (χ3n) is 3.61. The van der Waals surface area contributed by atoms with Crippen LogP contribution in [0.15, 0.2) is 30.6 Å². The van der Waals surface area contributed by atoms with Gasteiger partial charge in [0.1, 0.15) is 0 Å². The highest BCUT2D eigenvalue weighted by Crippen LogP contribution is 2.26. The first-order chi connectivity index (χ1) is 9.79. The van der Waals surface area contributed by atoms with Gasteiger partial charge < -0.3 is 0 Å². The number of ketones is 1. The molecule has 1 heterocycles. The van der Waals surface area contributed by atoms with Gasteiger partial charge in [0.2, 0.25) is 11.8 Å². The van der Waals surface area contributed by atoms with Gasteiger partial charge in [-0.2, -0.15) is 4.57 Å². The number of pyridine rings is 1. The summed E-state index contributed by atoms with van der Waals surface area (Å²) in [7, 11) is -4.94. The molecule has 1 aromatic rings. The van der Waals surface area contributed by atoms with Crippen LogP contribution in [0.3, 0.4) is 0 Å². The molecule has 0 N–H and O–H groups in total. The van der Waals surface area contributed by atoms with Crippen LogP contribution in [0.5, 0.6) is 0 Å². The molecule has 1 fully saturated rings. The van der Waals surface area contributed by atoms with Crippen LogP contribution in [0.1, 0.15) is 45.1 Å². The fourth-order valence-electron chi connectivity index (χ4n) is 2.55. The molecule has 1 unspecified atom stereocenters. The van der Waals surface area contributed by atoms with E-state index >= 15 is 0 Å². The Kier molecular flexibility index (Phi) is 7.21. The van der Waals surface area contributed by atoms with E-state index in [1.165, 1.54) is 19.3 Å². The summed E-state index contributed by atoms with van der Waals surface area (Å²) >= 11 is 0. The minimum Gasteiger partial charge on any atom is -0.292 e. The van der Waals surface area contributed by atoms with Crippen LogP contribution in [-0.2, 0) is 4.79 Å². The Hall–Kier alpha value is -1.05. The van der Waals surface area contributed by atoms with E-state index in [0.29, 0.717) is 11.7 Å². The van der Waals surface area contributed by atoms with Crippen molar-refractivity contribution >= 4 is 5.78 Å². The molecule has 118 valence electrons. The fourth-order valence-corrected chi connectivity index (χ4v) is 2.55. The van der Waals surface area contributed by atoms with Crippen LogP contribution >= 0.6 is 0 Å². The number of rotatable bonds is 3. The number of hydrogen-bond acceptors (Lipinski definition) is 5. The lowest BCUT2D eigenvalue weighted by atomic mass is 9.84. The predicted octanol–water partition coefficient (Wildman–Crippen LogP) is -2.07. The Bertz CT molecular complexity index is 423. The average molecular weight is 318 g/mol. The average Bonchev–Trinajstić information content (AvgIpc) is 2.46. The van der Waals surface area contributed by atoms with E-state index in [9.17, 15) is 4.79 Å². The molecule has 7 heteroatoms. The molecule has 1 atom stereocenters. The first-order valence-corrected chi connectivity index (χ1v) is 8.13. The molecule has 21 heavy (non-hydrogen) atoms. The number of hydrogen-bond donors (Lipinski definition) is 0. The van der Waals surface area contributed by atoms with Crippen LogP contribution in [0.25, 0.3) is 0 Å². The summed E-state index contributed by atoms with van der Waals surface area (Å²) in [6.07, 6.45) is 9.89. The molecular weight excluding hydrogens is 298 g/mol. The molecule has 0 bridgehead atoms. The van der Waals surface area contributed by atoms with Gasteiger partial charge in [0.05, 0.1) is 0 Å². The maximum Gasteiger partial charge on any atom is 0.213 e. The van der Waals surface area contributed by atoms with Gasteiger partial charge in [-0.05, 0) is 12.8 Å². The zero-order valence-electron chi connectivity index (χ0n) is 11.9. The molecule has 0 saturated heterocycles. The Morgan fingerprint density at radius 3 is 2.00 bits per heavy atom. The second-order valence-electron chi connectivity index (χ2n) is 5.11. The van der Waals surface area contributed by atoms with Crippen molar-refractivity contribution in [1.82, 2.24) is 0 Å². The Morgan fingerprint density at radius 2 is 1.52 bits per heavy atom. The summed E-state index contributed by atoms with van der Waals surface area (Å²) < 4.78 is 36.0. The molecule has 1 aliphatic carbocycles. The number of halogens is 1. The minimum absolute atomic E-state index is 0.00991. The van der Waals surface area contributed by atoms with Crippen molar-refractivity contribution in [3.05, 3.63) is 30.6 Å². The van der Waals surface area contributed by atoms with Crippen molar-refractivity contribution in [3.63, 3.8) is 0 Å². The van der Waals surface area contributed by atoms with E-state index in [-0.39, 0.29) is 6.04 Å². The Labute approximate surface area is 126 Å². The van der Waals surface area contributed by atoms with Crippen LogP contribution in [-0.4, -0.2) is 5.78 Å². The monoisotopic (exact) mass is 317 g/mol. The summed E-state index contributed by atoms with van der Waals surface area (Å²) in [6.45, 7) is 2.01. The third kappa shape index (κ3) is 7.50. The van der Waals surface area contributed by atoms with Crippen LogP contribution in [0.4, 0.5) is 0 Å². The number of carbonyl (C=O) groups is 1. The van der Waals surface area contributed by atoms with Crippen molar-refractivity contribution in [2.45, 2.75) is 45.1 Å². The zero-order chi connectivity index (χ0) is 15.9. The minimum atomic E-state index is -4.94. The van der Waals surface area contributed by atoms with Crippen molar-refractivity contribution in [3.8, 4) is 0 Å². The van der Waals surface area contributed by atoms with Gasteiger partial charge in [0.25, 0.3) is 0 Å². The molecule has 0 spiro atoms. The van der Waals surface area contributed by atoms with E-state index in [1.807, 2.05) is 42.1 Å². The summed E-state index contributed by atoms with van der Waals surface area (Å²) in [6, 6.07) is 5.92. The number of carbonyl (C=O) groups excluding carboxylic acids is 1. The lowest BCUT2D eigenvalue weighted by Gasteiger charge is -2.21. The second kappa shape index (κ2) is 8.41. The molecule has 0 aliphatic heterocycles. The largest absolute Gasteiger partial charge is 0.292 e. The quantitative estimate of drug-likeness (QED) is 0.594. The lowest BCUT2D eigenvalue weighted by molar-refractivity contribution is -2.00. The Morgan fingerprint density at radius 1 is 1.05 bits per heavy atom. The highest BCUT2D eigenvalue weighted by atomic mass is 35.7. The van der Waals surface area contributed by atoms with Gasteiger partial charge in [-0.15, -0.1) is 10.2 Å². The van der Waals surface area contributed by atoms with Crippen molar-refractivity contribution in [1.29, 1.82) is 0 Å². The summed E-state index contributed by atoms with van der Waals surface area (Å²) in [5.74, 6) is 0.715. The molecule has 2 rings (SSSR count). The van der Waals surface area contributed by atoms with Gasteiger partial charge in [-0.1, -0.05) is 25.3 Å². The van der Waals surface area contributed by atoms with E-state index in [4.69, 9.17) is 18.6 Å². The zero-order valence-corrected chi connectivity index (χ0v) is 12.7. The smallest absolute Gasteiger partial charge is 0.213 e. The SMILES string of the molecule is CC(C(=O)C1CCCCC1)[n+]1ccccc1.[O-][Cl+3]([O-])([O-])[O-]. The van der Waals surface area contributed by atoms with E-state index in [2.05, 4.69) is 0 Å². The van der Waals surface area contributed by atoms with Gasteiger partial charge in [-0.25, -0.2) is 18.6 Å².